The van der Waals surface area contributed by atoms with Crippen molar-refractivity contribution in [3.05, 3.63) is 70.7 Å². The van der Waals surface area contributed by atoms with Gasteiger partial charge in [-0.15, -0.1) is 0 Å². The van der Waals surface area contributed by atoms with Crippen LogP contribution < -0.4 is 5.43 Å². The minimum atomic E-state index is -0.265. The van der Waals surface area contributed by atoms with Crippen LogP contribution in [0.15, 0.2) is 59.7 Å². The molecule has 3 nitrogen and oxygen atoms in total. The van der Waals surface area contributed by atoms with Crippen molar-refractivity contribution in [3.63, 3.8) is 0 Å². The number of rotatable bonds is 3. The summed E-state index contributed by atoms with van der Waals surface area (Å²) in [6, 6.07) is 16.2. The summed E-state index contributed by atoms with van der Waals surface area (Å²) in [5.41, 5.74) is 3.90. The Morgan fingerprint density at radius 2 is 1.72 bits per heavy atom. The second kappa shape index (κ2) is 5.98. The second-order valence-electron chi connectivity index (χ2n) is 3.62. The molecule has 0 atom stereocenters. The molecule has 0 bridgehead atoms. The highest BCUT2D eigenvalue weighted by molar-refractivity contribution is 6.30. The van der Waals surface area contributed by atoms with Gasteiger partial charge in [-0.3, -0.25) is 4.79 Å². The first kappa shape index (κ1) is 12.3. The number of benzene rings is 2. The molecule has 0 aromatic heterocycles. The summed E-state index contributed by atoms with van der Waals surface area (Å²) in [7, 11) is 0. The Labute approximate surface area is 110 Å². The third-order valence-electron chi connectivity index (χ3n) is 2.29. The molecular formula is C14H11ClN2O. The standard InChI is InChI=1S/C14H11ClN2O/c15-13-8-6-12(7-9-13)14(18)17-16-10-11-4-2-1-3-5-11/h1-10H,(H,17,18)/b16-10-. The maximum atomic E-state index is 11.7. The second-order valence-corrected chi connectivity index (χ2v) is 4.05. The monoisotopic (exact) mass is 258 g/mol. The largest absolute Gasteiger partial charge is 0.271 e. The Balaban J connectivity index is 1.96. The zero-order valence-electron chi connectivity index (χ0n) is 9.51. The highest BCUT2D eigenvalue weighted by Gasteiger charge is 2.02. The molecule has 2 aromatic rings. The van der Waals surface area contributed by atoms with E-state index in [4.69, 9.17) is 11.6 Å². The third kappa shape index (κ3) is 3.43. The summed E-state index contributed by atoms with van der Waals surface area (Å²) in [6.45, 7) is 0. The lowest BCUT2D eigenvalue weighted by Gasteiger charge is -1.99. The van der Waals surface area contributed by atoms with Crippen LogP contribution in [0.5, 0.6) is 0 Å². The lowest BCUT2D eigenvalue weighted by Crippen LogP contribution is -2.17. The molecule has 0 radical (unpaired) electrons. The molecule has 0 heterocycles. The molecule has 0 unspecified atom stereocenters. The summed E-state index contributed by atoms with van der Waals surface area (Å²) in [6.07, 6.45) is 1.59. The molecule has 18 heavy (non-hydrogen) atoms. The SMILES string of the molecule is O=C(N/N=C\c1ccccc1)c1ccc(Cl)cc1. The molecule has 0 aliphatic heterocycles. The first-order chi connectivity index (χ1) is 8.75. The summed E-state index contributed by atoms with van der Waals surface area (Å²) < 4.78 is 0. The van der Waals surface area contributed by atoms with Gasteiger partial charge in [-0.05, 0) is 29.8 Å². The fourth-order valence-corrected chi connectivity index (χ4v) is 1.50. The molecule has 90 valence electrons. The number of hydrazone groups is 1. The zero-order chi connectivity index (χ0) is 12.8. The topological polar surface area (TPSA) is 41.5 Å². The molecule has 4 heteroatoms. The highest BCUT2D eigenvalue weighted by atomic mass is 35.5. The molecule has 0 spiro atoms. The van der Waals surface area contributed by atoms with Crippen LogP contribution in [0.3, 0.4) is 0 Å². The molecule has 2 aromatic carbocycles. The smallest absolute Gasteiger partial charge is 0.267 e. The van der Waals surface area contributed by atoms with E-state index >= 15 is 0 Å². The van der Waals surface area contributed by atoms with Crippen molar-refractivity contribution in [1.29, 1.82) is 0 Å². The summed E-state index contributed by atoms with van der Waals surface area (Å²) in [5.74, 6) is -0.265. The number of hydrogen-bond acceptors (Lipinski definition) is 2. The number of amides is 1. The molecule has 1 amide bonds. The molecule has 1 N–H and O–H groups in total. The number of nitrogens with zero attached hydrogens (tertiary/aromatic N) is 1. The van der Waals surface area contributed by atoms with E-state index in [9.17, 15) is 4.79 Å². The van der Waals surface area contributed by atoms with Crippen molar-refractivity contribution in [3.8, 4) is 0 Å². The van der Waals surface area contributed by atoms with Gasteiger partial charge < -0.3 is 0 Å². The van der Waals surface area contributed by atoms with E-state index in [2.05, 4.69) is 10.5 Å². The van der Waals surface area contributed by atoms with E-state index in [0.29, 0.717) is 10.6 Å². The lowest BCUT2D eigenvalue weighted by molar-refractivity contribution is 0.0955. The fourth-order valence-electron chi connectivity index (χ4n) is 1.37. The predicted molar refractivity (Wildman–Crippen MR) is 73.0 cm³/mol. The van der Waals surface area contributed by atoms with Crippen molar-refractivity contribution in [2.75, 3.05) is 0 Å². The van der Waals surface area contributed by atoms with Crippen LogP contribution >= 0.6 is 11.6 Å². The maximum absolute atomic E-state index is 11.7. The van der Waals surface area contributed by atoms with Gasteiger partial charge in [-0.2, -0.15) is 5.10 Å². The molecule has 2 rings (SSSR count). The molecule has 0 fully saturated rings. The van der Waals surface area contributed by atoms with Gasteiger partial charge in [0.1, 0.15) is 0 Å². The van der Waals surface area contributed by atoms with Crippen LogP contribution in [0.2, 0.25) is 5.02 Å². The lowest BCUT2D eigenvalue weighted by atomic mass is 10.2. The summed E-state index contributed by atoms with van der Waals surface area (Å²) in [5, 5.41) is 4.48. The fraction of sp³-hybridized carbons (Fsp3) is 0. The minimum Gasteiger partial charge on any atom is -0.267 e. The van der Waals surface area contributed by atoms with Crippen LogP contribution in [-0.4, -0.2) is 12.1 Å². The van der Waals surface area contributed by atoms with Gasteiger partial charge in [0.25, 0.3) is 5.91 Å². The van der Waals surface area contributed by atoms with Gasteiger partial charge in [-0.1, -0.05) is 41.9 Å². The van der Waals surface area contributed by atoms with E-state index < -0.39 is 0 Å². The quantitative estimate of drug-likeness (QED) is 0.667. The molecule has 0 saturated carbocycles. The predicted octanol–water partition coefficient (Wildman–Crippen LogP) is 3.10. The third-order valence-corrected chi connectivity index (χ3v) is 2.54. The molecule has 0 aliphatic rings. The van der Waals surface area contributed by atoms with Gasteiger partial charge in [-0.25, -0.2) is 5.43 Å². The normalized spacial score (nSPS) is 10.5. The Hall–Kier alpha value is -2.13. The van der Waals surface area contributed by atoms with E-state index in [-0.39, 0.29) is 5.91 Å². The maximum Gasteiger partial charge on any atom is 0.271 e. The number of carbonyl (C=O) groups excluding carboxylic acids is 1. The zero-order valence-corrected chi connectivity index (χ0v) is 10.3. The van der Waals surface area contributed by atoms with Gasteiger partial charge in [0.15, 0.2) is 0 Å². The molecule has 0 aliphatic carbocycles. The highest BCUT2D eigenvalue weighted by Crippen LogP contribution is 2.09. The van der Waals surface area contributed by atoms with Crippen molar-refractivity contribution in [2.45, 2.75) is 0 Å². The first-order valence-electron chi connectivity index (χ1n) is 5.40. The van der Waals surface area contributed by atoms with Gasteiger partial charge >= 0.3 is 0 Å². The first-order valence-corrected chi connectivity index (χ1v) is 5.77. The van der Waals surface area contributed by atoms with Crippen LogP contribution in [-0.2, 0) is 0 Å². The number of carbonyl (C=O) groups is 1. The summed E-state index contributed by atoms with van der Waals surface area (Å²) in [4.78, 5) is 11.7. The average Bonchev–Trinajstić information content (AvgIpc) is 2.40. The average molecular weight is 259 g/mol. The Morgan fingerprint density at radius 1 is 1.06 bits per heavy atom. The van der Waals surface area contributed by atoms with Crippen LogP contribution in [0.1, 0.15) is 15.9 Å². The van der Waals surface area contributed by atoms with E-state index in [1.807, 2.05) is 30.3 Å². The Morgan fingerprint density at radius 3 is 2.39 bits per heavy atom. The number of hydrogen-bond donors (Lipinski definition) is 1. The van der Waals surface area contributed by atoms with Gasteiger partial charge in [0, 0.05) is 10.6 Å². The van der Waals surface area contributed by atoms with Crippen LogP contribution in [0.25, 0.3) is 0 Å². The van der Waals surface area contributed by atoms with Gasteiger partial charge in [0.05, 0.1) is 6.21 Å². The van der Waals surface area contributed by atoms with E-state index in [1.165, 1.54) is 0 Å². The van der Waals surface area contributed by atoms with Crippen molar-refractivity contribution >= 4 is 23.7 Å². The van der Waals surface area contributed by atoms with Crippen LogP contribution in [0.4, 0.5) is 0 Å². The van der Waals surface area contributed by atoms with Crippen LogP contribution in [0, 0.1) is 0 Å². The molecule has 0 saturated heterocycles. The van der Waals surface area contributed by atoms with Crippen molar-refractivity contribution in [2.24, 2.45) is 5.10 Å². The minimum absolute atomic E-state index is 0.265. The Bertz CT molecular complexity index is 550. The van der Waals surface area contributed by atoms with Crippen molar-refractivity contribution < 1.29 is 4.79 Å². The Kier molecular flexibility index (Phi) is 4.10. The number of nitrogens with one attached hydrogen (secondary N) is 1. The van der Waals surface area contributed by atoms with E-state index in [0.717, 1.165) is 5.56 Å². The van der Waals surface area contributed by atoms with Gasteiger partial charge in [0.2, 0.25) is 0 Å². The molecular weight excluding hydrogens is 248 g/mol. The van der Waals surface area contributed by atoms with E-state index in [1.54, 1.807) is 30.5 Å². The number of halogens is 1. The van der Waals surface area contributed by atoms with Crippen molar-refractivity contribution in [1.82, 2.24) is 5.43 Å². The summed E-state index contributed by atoms with van der Waals surface area (Å²) >= 11 is 5.74.